The van der Waals surface area contributed by atoms with E-state index in [2.05, 4.69) is 5.32 Å². The summed E-state index contributed by atoms with van der Waals surface area (Å²) in [6, 6.07) is 14.2. The van der Waals surface area contributed by atoms with Crippen molar-refractivity contribution in [3.8, 4) is 0 Å². The van der Waals surface area contributed by atoms with Crippen LogP contribution in [0.25, 0.3) is 0 Å². The Hall–Kier alpha value is -2.18. The lowest BCUT2D eigenvalue weighted by molar-refractivity contribution is 0.0950. The zero-order chi connectivity index (χ0) is 17.9. The molecule has 1 fully saturated rings. The molecule has 2 aromatic rings. The number of carbonyl (C=O) groups excluding carboxylic acids is 1. The second-order valence-corrected chi connectivity index (χ2v) is 8.25. The molecule has 2 aromatic carbocycles. The molecule has 1 N–H and O–H groups in total. The van der Waals surface area contributed by atoms with Crippen molar-refractivity contribution in [2.75, 3.05) is 13.1 Å². The molecule has 6 heteroatoms. The van der Waals surface area contributed by atoms with Gasteiger partial charge in [-0.05, 0) is 43.5 Å². The SMILES string of the molecule is Cc1cccc(CNC(=O)c2cccc(S(=O)(=O)N3CCCC3)c2)c1. The number of hydrogen-bond donors (Lipinski definition) is 1. The van der Waals surface area contributed by atoms with Crippen LogP contribution in [0.1, 0.15) is 34.3 Å². The summed E-state index contributed by atoms with van der Waals surface area (Å²) in [5.74, 6) is -0.278. The highest BCUT2D eigenvalue weighted by Crippen LogP contribution is 2.21. The van der Waals surface area contributed by atoms with Crippen LogP contribution in [0.2, 0.25) is 0 Å². The number of hydrogen-bond acceptors (Lipinski definition) is 3. The van der Waals surface area contributed by atoms with Crippen LogP contribution < -0.4 is 5.32 Å². The van der Waals surface area contributed by atoms with E-state index in [-0.39, 0.29) is 10.8 Å². The molecule has 3 rings (SSSR count). The van der Waals surface area contributed by atoms with Gasteiger partial charge < -0.3 is 5.32 Å². The lowest BCUT2D eigenvalue weighted by Crippen LogP contribution is -2.28. The summed E-state index contributed by atoms with van der Waals surface area (Å²) in [7, 11) is -3.51. The fourth-order valence-corrected chi connectivity index (χ4v) is 4.55. The van der Waals surface area contributed by atoms with Gasteiger partial charge in [0.25, 0.3) is 5.91 Å². The van der Waals surface area contributed by atoms with Gasteiger partial charge in [0, 0.05) is 25.2 Å². The minimum atomic E-state index is -3.51. The van der Waals surface area contributed by atoms with Crippen molar-refractivity contribution in [1.29, 1.82) is 0 Å². The van der Waals surface area contributed by atoms with E-state index in [1.54, 1.807) is 18.2 Å². The van der Waals surface area contributed by atoms with E-state index >= 15 is 0 Å². The third-order valence-electron chi connectivity index (χ3n) is 4.33. The quantitative estimate of drug-likeness (QED) is 0.894. The Labute approximate surface area is 148 Å². The van der Waals surface area contributed by atoms with Crippen LogP contribution in [-0.4, -0.2) is 31.7 Å². The zero-order valence-corrected chi connectivity index (χ0v) is 15.1. The number of nitrogens with zero attached hydrogens (tertiary/aromatic N) is 1. The maximum Gasteiger partial charge on any atom is 0.251 e. The van der Waals surface area contributed by atoms with Gasteiger partial charge in [0.2, 0.25) is 10.0 Å². The van der Waals surface area contributed by atoms with Gasteiger partial charge in [-0.1, -0.05) is 35.9 Å². The first-order chi connectivity index (χ1) is 12.0. The minimum absolute atomic E-state index is 0.178. The predicted molar refractivity (Wildman–Crippen MR) is 96.8 cm³/mol. The van der Waals surface area contributed by atoms with Gasteiger partial charge >= 0.3 is 0 Å². The summed E-state index contributed by atoms with van der Waals surface area (Å²) in [5.41, 5.74) is 2.49. The molecule has 5 nitrogen and oxygen atoms in total. The fourth-order valence-electron chi connectivity index (χ4n) is 2.98. The molecule has 0 spiro atoms. The van der Waals surface area contributed by atoms with Crippen molar-refractivity contribution in [2.24, 2.45) is 0 Å². The van der Waals surface area contributed by atoms with E-state index in [0.29, 0.717) is 25.2 Å². The maximum absolute atomic E-state index is 12.6. The number of nitrogens with one attached hydrogen (secondary N) is 1. The van der Waals surface area contributed by atoms with Gasteiger partial charge in [-0.3, -0.25) is 4.79 Å². The van der Waals surface area contributed by atoms with Gasteiger partial charge in [-0.15, -0.1) is 0 Å². The number of benzene rings is 2. The van der Waals surface area contributed by atoms with Crippen LogP contribution in [-0.2, 0) is 16.6 Å². The molecule has 1 aliphatic rings. The summed E-state index contributed by atoms with van der Waals surface area (Å²) in [4.78, 5) is 12.6. The van der Waals surface area contributed by atoms with Crippen LogP contribution in [0.5, 0.6) is 0 Å². The van der Waals surface area contributed by atoms with Gasteiger partial charge in [0.15, 0.2) is 0 Å². The fraction of sp³-hybridized carbons (Fsp3) is 0.316. The normalized spacial score (nSPS) is 15.2. The molecule has 0 saturated carbocycles. The molecule has 0 unspecified atom stereocenters. The van der Waals surface area contributed by atoms with Crippen LogP contribution in [0.15, 0.2) is 53.4 Å². The average Bonchev–Trinajstić information content (AvgIpc) is 3.15. The molecule has 0 bridgehead atoms. The topological polar surface area (TPSA) is 66.5 Å². The molecule has 132 valence electrons. The molecule has 0 atom stereocenters. The largest absolute Gasteiger partial charge is 0.348 e. The highest BCUT2D eigenvalue weighted by atomic mass is 32.2. The summed E-state index contributed by atoms with van der Waals surface area (Å²) in [6.45, 7) is 3.50. The first kappa shape index (κ1) is 17.6. The molecule has 1 heterocycles. The van der Waals surface area contributed by atoms with Gasteiger partial charge in [-0.25, -0.2) is 8.42 Å². The smallest absolute Gasteiger partial charge is 0.251 e. The van der Waals surface area contributed by atoms with E-state index in [1.165, 1.54) is 10.4 Å². The molecular formula is C19H22N2O3S. The number of aryl methyl sites for hydroxylation is 1. The number of sulfonamides is 1. The molecular weight excluding hydrogens is 336 g/mol. The number of carbonyl (C=O) groups is 1. The highest BCUT2D eigenvalue weighted by molar-refractivity contribution is 7.89. The zero-order valence-electron chi connectivity index (χ0n) is 14.2. The third-order valence-corrected chi connectivity index (χ3v) is 6.23. The summed E-state index contributed by atoms with van der Waals surface area (Å²) >= 11 is 0. The number of rotatable bonds is 5. The van der Waals surface area contributed by atoms with Gasteiger partial charge in [0.05, 0.1) is 4.90 Å². The molecule has 25 heavy (non-hydrogen) atoms. The molecule has 0 aliphatic carbocycles. The van der Waals surface area contributed by atoms with E-state index < -0.39 is 10.0 Å². The summed E-state index contributed by atoms with van der Waals surface area (Å²) < 4.78 is 26.7. The minimum Gasteiger partial charge on any atom is -0.348 e. The molecule has 1 saturated heterocycles. The summed E-state index contributed by atoms with van der Waals surface area (Å²) in [6.07, 6.45) is 1.77. The Balaban J connectivity index is 1.73. The van der Waals surface area contributed by atoms with E-state index in [4.69, 9.17) is 0 Å². The van der Waals surface area contributed by atoms with Crippen molar-refractivity contribution >= 4 is 15.9 Å². The highest BCUT2D eigenvalue weighted by Gasteiger charge is 2.27. The van der Waals surface area contributed by atoms with E-state index in [0.717, 1.165) is 24.0 Å². The standard InChI is InChI=1S/C19H22N2O3S/c1-15-6-4-7-16(12-15)14-20-19(22)17-8-5-9-18(13-17)25(23,24)21-10-2-3-11-21/h4-9,12-13H,2-3,10-11,14H2,1H3,(H,20,22). The lowest BCUT2D eigenvalue weighted by Gasteiger charge is -2.16. The van der Waals surface area contributed by atoms with E-state index in [9.17, 15) is 13.2 Å². The van der Waals surface area contributed by atoms with Crippen molar-refractivity contribution in [1.82, 2.24) is 9.62 Å². The van der Waals surface area contributed by atoms with Gasteiger partial charge in [0.1, 0.15) is 0 Å². The van der Waals surface area contributed by atoms with Crippen molar-refractivity contribution in [3.05, 3.63) is 65.2 Å². The van der Waals surface area contributed by atoms with Crippen LogP contribution >= 0.6 is 0 Å². The number of amides is 1. The lowest BCUT2D eigenvalue weighted by atomic mass is 10.1. The van der Waals surface area contributed by atoms with Crippen molar-refractivity contribution < 1.29 is 13.2 Å². The van der Waals surface area contributed by atoms with Crippen LogP contribution in [0, 0.1) is 6.92 Å². The monoisotopic (exact) mass is 358 g/mol. The Kier molecular flexibility index (Phi) is 5.20. The third kappa shape index (κ3) is 4.08. The Morgan fingerprint density at radius 3 is 2.52 bits per heavy atom. The Morgan fingerprint density at radius 1 is 1.08 bits per heavy atom. The second-order valence-electron chi connectivity index (χ2n) is 6.31. The molecule has 1 amide bonds. The van der Waals surface area contributed by atoms with Crippen molar-refractivity contribution in [3.63, 3.8) is 0 Å². The molecule has 0 radical (unpaired) electrons. The average molecular weight is 358 g/mol. The van der Waals surface area contributed by atoms with Crippen molar-refractivity contribution in [2.45, 2.75) is 31.2 Å². The first-order valence-electron chi connectivity index (χ1n) is 8.41. The Morgan fingerprint density at radius 2 is 1.80 bits per heavy atom. The van der Waals surface area contributed by atoms with E-state index in [1.807, 2.05) is 31.2 Å². The van der Waals surface area contributed by atoms with Crippen LogP contribution in [0.3, 0.4) is 0 Å². The van der Waals surface area contributed by atoms with Gasteiger partial charge in [-0.2, -0.15) is 4.31 Å². The molecule has 0 aromatic heterocycles. The predicted octanol–water partition coefficient (Wildman–Crippen LogP) is 2.71. The summed E-state index contributed by atoms with van der Waals surface area (Å²) in [5, 5.41) is 2.84. The Bertz CT molecular complexity index is 872. The first-order valence-corrected chi connectivity index (χ1v) is 9.85. The second kappa shape index (κ2) is 7.37. The molecule has 1 aliphatic heterocycles. The van der Waals surface area contributed by atoms with Crippen LogP contribution in [0.4, 0.5) is 0 Å². The maximum atomic E-state index is 12.6.